The van der Waals surface area contributed by atoms with Crippen LogP contribution in [0.4, 0.5) is 10.5 Å². The minimum atomic E-state index is -0.616. The van der Waals surface area contributed by atoms with Crippen LogP contribution < -0.4 is 10.6 Å². The predicted octanol–water partition coefficient (Wildman–Crippen LogP) is 3.35. The number of amides is 2. The molecule has 2 rings (SSSR count). The van der Waals surface area contributed by atoms with Crippen LogP contribution >= 0.6 is 0 Å². The van der Waals surface area contributed by atoms with Gasteiger partial charge in [0, 0.05) is 12.2 Å². The van der Waals surface area contributed by atoms with E-state index in [1.54, 1.807) is 20.8 Å². The van der Waals surface area contributed by atoms with Gasteiger partial charge in [0.25, 0.3) is 5.91 Å². The van der Waals surface area contributed by atoms with Crippen molar-refractivity contribution in [3.05, 3.63) is 23.8 Å². The smallest absolute Gasteiger partial charge is 0.412 e. The molecule has 1 heterocycles. The van der Waals surface area contributed by atoms with E-state index in [1.807, 2.05) is 0 Å². The van der Waals surface area contributed by atoms with Crippen LogP contribution in [0, 0.1) is 0 Å². The maximum Gasteiger partial charge on any atom is 0.412 e. The molecular weight excluding hydrogens is 346 g/mol. The van der Waals surface area contributed by atoms with Gasteiger partial charge in [-0.2, -0.15) is 0 Å². The molecule has 0 saturated carbocycles. The number of piperidine rings is 1. The summed E-state index contributed by atoms with van der Waals surface area (Å²) in [7, 11) is 0. The average Bonchev–Trinajstić information content (AvgIpc) is 2.59. The number of phenolic OH excluding ortho intramolecular Hbond substituents is 1. The standard InChI is InChI=1S/C20H31N3O4/c1-20(2,3)27-19(26)22-15-8-9-17(24)16(14-15)18(25)21-10-7-13-23-11-5-4-6-12-23/h8-9,14,24H,4-7,10-13H2,1-3H3,(H,21,25)(H,22,26). The second-order valence-electron chi connectivity index (χ2n) is 7.87. The highest BCUT2D eigenvalue weighted by molar-refractivity contribution is 5.98. The minimum Gasteiger partial charge on any atom is -0.507 e. The first-order chi connectivity index (χ1) is 12.7. The number of nitrogens with zero attached hydrogens (tertiary/aromatic N) is 1. The topological polar surface area (TPSA) is 90.9 Å². The number of rotatable bonds is 6. The summed E-state index contributed by atoms with van der Waals surface area (Å²) in [5.41, 5.74) is -0.0997. The van der Waals surface area contributed by atoms with E-state index in [1.165, 1.54) is 37.5 Å². The van der Waals surface area contributed by atoms with Crippen molar-refractivity contribution in [3.8, 4) is 5.75 Å². The molecular formula is C20H31N3O4. The molecule has 1 aliphatic rings. The Morgan fingerprint density at radius 3 is 2.56 bits per heavy atom. The van der Waals surface area contributed by atoms with Crippen LogP contribution in [-0.2, 0) is 4.74 Å². The fourth-order valence-corrected chi connectivity index (χ4v) is 3.00. The summed E-state index contributed by atoms with van der Waals surface area (Å²) in [6, 6.07) is 4.35. The van der Waals surface area contributed by atoms with Gasteiger partial charge in [0.1, 0.15) is 11.4 Å². The van der Waals surface area contributed by atoms with E-state index in [0.29, 0.717) is 12.2 Å². The lowest BCUT2D eigenvalue weighted by atomic mass is 10.1. The van der Waals surface area contributed by atoms with Gasteiger partial charge in [-0.15, -0.1) is 0 Å². The Labute approximate surface area is 161 Å². The Balaban J connectivity index is 1.84. The Hall–Kier alpha value is -2.28. The third-order valence-electron chi connectivity index (χ3n) is 4.27. The van der Waals surface area contributed by atoms with Crippen LogP contribution in [0.1, 0.15) is 56.8 Å². The van der Waals surface area contributed by atoms with Gasteiger partial charge >= 0.3 is 6.09 Å². The molecule has 150 valence electrons. The van der Waals surface area contributed by atoms with Crippen molar-refractivity contribution in [1.82, 2.24) is 10.2 Å². The quantitative estimate of drug-likeness (QED) is 0.522. The van der Waals surface area contributed by atoms with Crippen molar-refractivity contribution in [2.45, 2.75) is 52.1 Å². The van der Waals surface area contributed by atoms with Crippen molar-refractivity contribution < 1.29 is 19.4 Å². The number of anilines is 1. The molecule has 2 amide bonds. The molecule has 27 heavy (non-hydrogen) atoms. The lowest BCUT2D eigenvalue weighted by Crippen LogP contribution is -2.33. The number of likely N-dealkylation sites (tertiary alicyclic amines) is 1. The summed E-state index contributed by atoms with van der Waals surface area (Å²) in [6.45, 7) is 9.08. The van der Waals surface area contributed by atoms with Crippen LogP contribution in [0.25, 0.3) is 0 Å². The highest BCUT2D eigenvalue weighted by Gasteiger charge is 2.18. The van der Waals surface area contributed by atoms with Crippen molar-refractivity contribution in [2.24, 2.45) is 0 Å². The largest absolute Gasteiger partial charge is 0.507 e. The van der Waals surface area contributed by atoms with Gasteiger partial charge in [0.05, 0.1) is 5.56 Å². The maximum atomic E-state index is 12.4. The molecule has 1 aromatic rings. The molecule has 0 unspecified atom stereocenters. The van der Waals surface area contributed by atoms with E-state index in [2.05, 4.69) is 15.5 Å². The SMILES string of the molecule is CC(C)(C)OC(=O)Nc1ccc(O)c(C(=O)NCCCN2CCCCC2)c1. The lowest BCUT2D eigenvalue weighted by Gasteiger charge is -2.26. The Morgan fingerprint density at radius 2 is 1.89 bits per heavy atom. The van der Waals surface area contributed by atoms with Crippen molar-refractivity contribution in [2.75, 3.05) is 31.5 Å². The number of ether oxygens (including phenoxy) is 1. The van der Waals surface area contributed by atoms with Crippen molar-refractivity contribution in [3.63, 3.8) is 0 Å². The van der Waals surface area contributed by atoms with Gasteiger partial charge in [-0.05, 0) is 77.9 Å². The summed E-state index contributed by atoms with van der Waals surface area (Å²) >= 11 is 0. The summed E-state index contributed by atoms with van der Waals surface area (Å²) in [5, 5.41) is 15.4. The molecule has 0 aromatic heterocycles. The fourth-order valence-electron chi connectivity index (χ4n) is 3.00. The molecule has 1 aromatic carbocycles. The number of carbonyl (C=O) groups excluding carboxylic acids is 2. The first-order valence-corrected chi connectivity index (χ1v) is 9.58. The fraction of sp³-hybridized carbons (Fsp3) is 0.600. The Kier molecular flexibility index (Phi) is 7.47. The number of nitrogens with one attached hydrogen (secondary N) is 2. The van der Waals surface area contributed by atoms with Crippen molar-refractivity contribution in [1.29, 1.82) is 0 Å². The third-order valence-corrected chi connectivity index (χ3v) is 4.27. The molecule has 0 spiro atoms. The van der Waals surface area contributed by atoms with Gasteiger partial charge in [0.15, 0.2) is 0 Å². The van der Waals surface area contributed by atoms with Crippen LogP contribution in [-0.4, -0.2) is 53.8 Å². The highest BCUT2D eigenvalue weighted by Crippen LogP contribution is 2.22. The number of phenols is 1. The van der Waals surface area contributed by atoms with E-state index < -0.39 is 11.7 Å². The normalized spacial score (nSPS) is 15.2. The first kappa shape index (κ1) is 21.0. The number of hydrogen-bond acceptors (Lipinski definition) is 5. The van der Waals surface area contributed by atoms with E-state index in [4.69, 9.17) is 4.74 Å². The molecule has 0 aliphatic carbocycles. The number of benzene rings is 1. The summed E-state index contributed by atoms with van der Waals surface area (Å²) in [5.74, 6) is -0.489. The van der Waals surface area contributed by atoms with Gasteiger partial charge in [-0.3, -0.25) is 10.1 Å². The summed E-state index contributed by atoms with van der Waals surface area (Å²) in [6.07, 6.45) is 4.05. The predicted molar refractivity (Wildman–Crippen MR) is 105 cm³/mol. The van der Waals surface area contributed by atoms with E-state index >= 15 is 0 Å². The number of carbonyl (C=O) groups is 2. The zero-order chi connectivity index (χ0) is 19.9. The van der Waals surface area contributed by atoms with E-state index in [-0.39, 0.29) is 17.2 Å². The molecule has 7 heteroatoms. The van der Waals surface area contributed by atoms with Crippen LogP contribution in [0.3, 0.4) is 0 Å². The van der Waals surface area contributed by atoms with E-state index in [0.717, 1.165) is 26.1 Å². The Morgan fingerprint density at radius 1 is 1.19 bits per heavy atom. The monoisotopic (exact) mass is 377 g/mol. The zero-order valence-electron chi connectivity index (χ0n) is 16.5. The second kappa shape index (κ2) is 9.60. The Bertz CT molecular complexity index is 649. The van der Waals surface area contributed by atoms with Gasteiger partial charge in [0.2, 0.25) is 0 Å². The molecule has 7 nitrogen and oxygen atoms in total. The summed E-state index contributed by atoms with van der Waals surface area (Å²) in [4.78, 5) is 26.6. The van der Waals surface area contributed by atoms with Crippen LogP contribution in [0.5, 0.6) is 5.75 Å². The molecule has 3 N–H and O–H groups in total. The molecule has 1 fully saturated rings. The molecule has 0 radical (unpaired) electrons. The molecule has 1 aliphatic heterocycles. The van der Waals surface area contributed by atoms with Gasteiger partial charge in [-0.1, -0.05) is 6.42 Å². The van der Waals surface area contributed by atoms with Crippen LogP contribution in [0.2, 0.25) is 0 Å². The molecule has 0 bridgehead atoms. The average molecular weight is 377 g/mol. The molecule has 1 saturated heterocycles. The minimum absolute atomic E-state index is 0.126. The second-order valence-corrected chi connectivity index (χ2v) is 7.87. The third kappa shape index (κ3) is 7.46. The highest BCUT2D eigenvalue weighted by atomic mass is 16.6. The van der Waals surface area contributed by atoms with Crippen LogP contribution in [0.15, 0.2) is 18.2 Å². The zero-order valence-corrected chi connectivity index (χ0v) is 16.5. The first-order valence-electron chi connectivity index (χ1n) is 9.58. The summed E-state index contributed by atoms with van der Waals surface area (Å²) < 4.78 is 5.19. The molecule has 0 atom stereocenters. The maximum absolute atomic E-state index is 12.4. The number of hydrogen-bond donors (Lipinski definition) is 3. The van der Waals surface area contributed by atoms with Gasteiger partial charge < -0.3 is 20.1 Å². The van der Waals surface area contributed by atoms with Gasteiger partial charge in [-0.25, -0.2) is 4.79 Å². The lowest BCUT2D eigenvalue weighted by molar-refractivity contribution is 0.0635. The number of aromatic hydroxyl groups is 1. The van der Waals surface area contributed by atoms with Crippen molar-refractivity contribution >= 4 is 17.7 Å². The van der Waals surface area contributed by atoms with E-state index in [9.17, 15) is 14.7 Å².